The van der Waals surface area contributed by atoms with Gasteiger partial charge in [-0.05, 0) is 33.8 Å². The fourth-order valence-corrected chi connectivity index (χ4v) is 1.78. The molecule has 2 atom stereocenters. The average Bonchev–Trinajstić information content (AvgIpc) is 2.96. The van der Waals surface area contributed by atoms with Crippen LogP contribution in [0.15, 0.2) is 22.9 Å². The van der Waals surface area contributed by atoms with Crippen molar-refractivity contribution in [2.75, 3.05) is 0 Å². The summed E-state index contributed by atoms with van der Waals surface area (Å²) in [5.74, 6) is 1.63. The molecule has 0 saturated heterocycles. The summed E-state index contributed by atoms with van der Waals surface area (Å²) in [4.78, 5) is 4.35. The zero-order valence-corrected chi connectivity index (χ0v) is 11.3. The van der Waals surface area contributed by atoms with Crippen LogP contribution in [0.2, 0.25) is 0 Å². The molecule has 0 aliphatic carbocycles. The Balaban J connectivity index is 1.90. The quantitative estimate of drug-likeness (QED) is 0.881. The monoisotopic (exact) mass is 248 g/mol. The van der Waals surface area contributed by atoms with Crippen LogP contribution in [0.5, 0.6) is 0 Å². The number of aromatic nitrogens is 3. The van der Waals surface area contributed by atoms with E-state index < -0.39 is 0 Å². The Bertz CT molecular complexity index is 470. The van der Waals surface area contributed by atoms with Gasteiger partial charge in [0.2, 0.25) is 5.89 Å². The van der Waals surface area contributed by atoms with E-state index in [1.807, 2.05) is 30.8 Å². The van der Waals surface area contributed by atoms with Crippen LogP contribution in [0.25, 0.3) is 0 Å². The van der Waals surface area contributed by atoms with Crippen molar-refractivity contribution in [2.24, 2.45) is 0 Å². The lowest BCUT2D eigenvalue weighted by Gasteiger charge is -2.21. The van der Waals surface area contributed by atoms with E-state index in [-0.39, 0.29) is 12.1 Å². The van der Waals surface area contributed by atoms with Crippen molar-refractivity contribution in [3.63, 3.8) is 0 Å². The molecular formula is C13H20N4O. The first-order valence-corrected chi connectivity index (χ1v) is 6.23. The largest absolute Gasteiger partial charge is 0.444 e. The third-order valence-corrected chi connectivity index (χ3v) is 3.31. The van der Waals surface area contributed by atoms with Crippen LogP contribution in [-0.2, 0) is 6.54 Å². The van der Waals surface area contributed by atoms with Crippen LogP contribution in [-0.4, -0.2) is 20.8 Å². The Kier molecular flexibility index (Phi) is 3.81. The van der Waals surface area contributed by atoms with E-state index in [1.54, 1.807) is 6.20 Å². The molecule has 5 heteroatoms. The minimum absolute atomic E-state index is 0.289. The zero-order chi connectivity index (χ0) is 13.1. The van der Waals surface area contributed by atoms with Crippen molar-refractivity contribution in [1.29, 1.82) is 0 Å². The van der Waals surface area contributed by atoms with Crippen LogP contribution in [0.1, 0.15) is 37.2 Å². The number of rotatable bonds is 5. The molecule has 2 aromatic heterocycles. The maximum Gasteiger partial charge on any atom is 0.208 e. The van der Waals surface area contributed by atoms with E-state index in [0.717, 1.165) is 17.3 Å². The smallest absolute Gasteiger partial charge is 0.208 e. The van der Waals surface area contributed by atoms with Gasteiger partial charge in [-0.2, -0.15) is 5.10 Å². The van der Waals surface area contributed by atoms with Gasteiger partial charge in [0.05, 0.1) is 18.3 Å². The molecule has 1 N–H and O–H groups in total. The second-order valence-corrected chi connectivity index (χ2v) is 4.65. The van der Waals surface area contributed by atoms with E-state index in [2.05, 4.69) is 29.2 Å². The molecule has 0 bridgehead atoms. The zero-order valence-electron chi connectivity index (χ0n) is 11.3. The van der Waals surface area contributed by atoms with Gasteiger partial charge in [0.1, 0.15) is 5.76 Å². The highest BCUT2D eigenvalue weighted by molar-refractivity contribution is 5.05. The summed E-state index contributed by atoms with van der Waals surface area (Å²) < 4.78 is 7.49. The van der Waals surface area contributed by atoms with Crippen LogP contribution in [0.4, 0.5) is 0 Å². The number of nitrogens with one attached hydrogen (secondary N) is 1. The van der Waals surface area contributed by atoms with Gasteiger partial charge in [0, 0.05) is 18.4 Å². The maximum atomic E-state index is 5.54. The first-order valence-electron chi connectivity index (χ1n) is 6.23. The van der Waals surface area contributed by atoms with Crippen LogP contribution < -0.4 is 5.32 Å². The van der Waals surface area contributed by atoms with Crippen molar-refractivity contribution in [3.05, 3.63) is 35.8 Å². The van der Waals surface area contributed by atoms with Gasteiger partial charge >= 0.3 is 0 Å². The first kappa shape index (κ1) is 12.8. The molecule has 0 spiro atoms. The van der Waals surface area contributed by atoms with Crippen molar-refractivity contribution in [2.45, 2.75) is 46.3 Å². The minimum atomic E-state index is 0.289. The van der Waals surface area contributed by atoms with Crippen molar-refractivity contribution in [3.8, 4) is 0 Å². The molecule has 0 radical (unpaired) electrons. The molecule has 0 aliphatic rings. The molecule has 0 fully saturated rings. The SMILES string of the molecule is Cc1nc(CN[C@@H](C)[C@H](C)n2cccn2)oc1C. The predicted octanol–water partition coefficient (Wildman–Crippen LogP) is 2.23. The average molecular weight is 248 g/mol. The third kappa shape index (κ3) is 2.79. The van der Waals surface area contributed by atoms with E-state index in [9.17, 15) is 0 Å². The highest BCUT2D eigenvalue weighted by Crippen LogP contribution is 2.11. The normalized spacial score (nSPS) is 14.7. The molecule has 2 rings (SSSR count). The van der Waals surface area contributed by atoms with Gasteiger partial charge in [-0.3, -0.25) is 4.68 Å². The summed E-state index contributed by atoms with van der Waals surface area (Å²) in [5, 5.41) is 7.66. The summed E-state index contributed by atoms with van der Waals surface area (Å²) in [6.45, 7) is 8.80. The van der Waals surface area contributed by atoms with E-state index >= 15 is 0 Å². The van der Waals surface area contributed by atoms with E-state index in [4.69, 9.17) is 4.42 Å². The van der Waals surface area contributed by atoms with E-state index in [0.29, 0.717) is 6.54 Å². The molecule has 0 aliphatic heterocycles. The lowest BCUT2D eigenvalue weighted by molar-refractivity contribution is 0.345. The van der Waals surface area contributed by atoms with Gasteiger partial charge in [-0.15, -0.1) is 0 Å². The number of hydrogen-bond donors (Lipinski definition) is 1. The Morgan fingerprint density at radius 3 is 2.72 bits per heavy atom. The van der Waals surface area contributed by atoms with Crippen LogP contribution in [0.3, 0.4) is 0 Å². The summed E-state index contributed by atoms with van der Waals surface area (Å²) in [7, 11) is 0. The van der Waals surface area contributed by atoms with Crippen LogP contribution in [0, 0.1) is 13.8 Å². The summed E-state index contributed by atoms with van der Waals surface area (Å²) in [5.41, 5.74) is 0.958. The molecule has 5 nitrogen and oxygen atoms in total. The second-order valence-electron chi connectivity index (χ2n) is 4.65. The van der Waals surface area contributed by atoms with Crippen molar-refractivity contribution in [1.82, 2.24) is 20.1 Å². The first-order chi connectivity index (χ1) is 8.58. The molecule has 0 unspecified atom stereocenters. The molecule has 0 saturated carbocycles. The molecule has 2 aromatic rings. The fourth-order valence-electron chi connectivity index (χ4n) is 1.78. The molecular weight excluding hydrogens is 228 g/mol. The Labute approximate surface area is 107 Å². The van der Waals surface area contributed by atoms with Crippen molar-refractivity contribution >= 4 is 0 Å². The number of oxazole rings is 1. The number of hydrogen-bond acceptors (Lipinski definition) is 4. The van der Waals surface area contributed by atoms with Crippen LogP contribution >= 0.6 is 0 Å². The van der Waals surface area contributed by atoms with Gasteiger partial charge in [0.25, 0.3) is 0 Å². The molecule has 0 aromatic carbocycles. The number of aryl methyl sites for hydroxylation is 2. The summed E-state index contributed by atoms with van der Waals surface area (Å²) >= 11 is 0. The predicted molar refractivity (Wildman–Crippen MR) is 69.2 cm³/mol. The Morgan fingerprint density at radius 2 is 2.17 bits per heavy atom. The topological polar surface area (TPSA) is 55.9 Å². The Morgan fingerprint density at radius 1 is 1.39 bits per heavy atom. The molecule has 98 valence electrons. The minimum Gasteiger partial charge on any atom is -0.444 e. The summed E-state index contributed by atoms with van der Waals surface area (Å²) in [6, 6.07) is 2.51. The highest BCUT2D eigenvalue weighted by atomic mass is 16.4. The molecule has 2 heterocycles. The van der Waals surface area contributed by atoms with Gasteiger partial charge in [-0.25, -0.2) is 4.98 Å². The lowest BCUT2D eigenvalue weighted by atomic mass is 10.2. The van der Waals surface area contributed by atoms with E-state index in [1.165, 1.54) is 0 Å². The molecule has 18 heavy (non-hydrogen) atoms. The van der Waals surface area contributed by atoms with Crippen molar-refractivity contribution < 1.29 is 4.42 Å². The maximum absolute atomic E-state index is 5.54. The molecule has 0 amide bonds. The summed E-state index contributed by atoms with van der Waals surface area (Å²) in [6.07, 6.45) is 3.77. The third-order valence-electron chi connectivity index (χ3n) is 3.31. The van der Waals surface area contributed by atoms with Gasteiger partial charge < -0.3 is 9.73 Å². The standard InChI is InChI=1S/C13H20N4O/c1-9(11(3)17-7-5-6-15-17)14-8-13-16-10(2)12(4)18-13/h5-7,9,11,14H,8H2,1-4H3/t9-,11-/m0/s1. The number of nitrogens with zero attached hydrogens (tertiary/aromatic N) is 3. The van der Waals surface area contributed by atoms with Gasteiger partial charge in [0.15, 0.2) is 0 Å². The Hall–Kier alpha value is -1.62. The highest BCUT2D eigenvalue weighted by Gasteiger charge is 2.14. The second kappa shape index (κ2) is 5.35. The fraction of sp³-hybridized carbons (Fsp3) is 0.538. The van der Waals surface area contributed by atoms with Gasteiger partial charge in [-0.1, -0.05) is 0 Å². The lowest BCUT2D eigenvalue weighted by Crippen LogP contribution is -2.33.